The number of tetrazole rings is 1. The number of carbonyl (C=O) groups is 1. The zero-order valence-electron chi connectivity index (χ0n) is 12.1. The van der Waals surface area contributed by atoms with Gasteiger partial charge in [0.1, 0.15) is 0 Å². The summed E-state index contributed by atoms with van der Waals surface area (Å²) in [6.45, 7) is 2.27. The maximum absolute atomic E-state index is 12.4. The van der Waals surface area contributed by atoms with E-state index in [0.717, 1.165) is 26.1 Å². The Hall–Kier alpha value is -1.99. The lowest BCUT2D eigenvalue weighted by Gasteiger charge is -2.39. The summed E-state index contributed by atoms with van der Waals surface area (Å²) in [5, 5.41) is 14.1. The lowest BCUT2D eigenvalue weighted by Crippen LogP contribution is -2.50. The highest BCUT2D eigenvalue weighted by Gasteiger charge is 2.31. The Kier molecular flexibility index (Phi) is 4.35. The highest BCUT2D eigenvalue weighted by molar-refractivity contribution is 6.33. The van der Waals surface area contributed by atoms with Crippen molar-refractivity contribution in [1.29, 1.82) is 0 Å². The van der Waals surface area contributed by atoms with E-state index in [1.165, 1.54) is 0 Å². The number of aromatic nitrogens is 4. The fourth-order valence-corrected chi connectivity index (χ4v) is 2.76. The van der Waals surface area contributed by atoms with Crippen molar-refractivity contribution in [2.75, 3.05) is 26.8 Å². The predicted molar refractivity (Wildman–Crippen MR) is 80.5 cm³/mol. The average Bonchev–Trinajstić information content (AvgIpc) is 2.99. The van der Waals surface area contributed by atoms with Gasteiger partial charge in [-0.2, -0.15) is 5.21 Å². The van der Waals surface area contributed by atoms with Crippen LogP contribution in [0.3, 0.4) is 0 Å². The van der Waals surface area contributed by atoms with Crippen LogP contribution < -0.4 is 0 Å². The second-order valence-electron chi connectivity index (χ2n) is 5.29. The van der Waals surface area contributed by atoms with Crippen LogP contribution in [-0.2, 0) is 4.74 Å². The van der Waals surface area contributed by atoms with Crippen LogP contribution in [0.15, 0.2) is 18.2 Å². The van der Waals surface area contributed by atoms with Crippen molar-refractivity contribution in [1.82, 2.24) is 25.5 Å². The Morgan fingerprint density at radius 1 is 1.50 bits per heavy atom. The third kappa shape index (κ3) is 2.95. The van der Waals surface area contributed by atoms with E-state index in [0.29, 0.717) is 27.9 Å². The Morgan fingerprint density at radius 3 is 2.95 bits per heavy atom. The molecule has 1 fully saturated rings. The Morgan fingerprint density at radius 2 is 2.32 bits per heavy atom. The van der Waals surface area contributed by atoms with E-state index >= 15 is 0 Å². The number of ether oxygens (including phenoxy) is 1. The summed E-state index contributed by atoms with van der Waals surface area (Å²) in [5.74, 6) is 0.931. The van der Waals surface area contributed by atoms with E-state index in [2.05, 4.69) is 20.6 Å². The van der Waals surface area contributed by atoms with Crippen LogP contribution in [0.2, 0.25) is 5.02 Å². The van der Waals surface area contributed by atoms with E-state index in [1.807, 2.05) is 4.90 Å². The molecule has 1 amide bonds. The summed E-state index contributed by atoms with van der Waals surface area (Å²) in [4.78, 5) is 14.2. The number of nitrogens with one attached hydrogen (secondary N) is 1. The standard InChI is InChI=1S/C14H16ClN5O2/c1-22-5-4-9-7-20(8-9)14(21)10-2-3-11(12(15)6-10)13-16-18-19-17-13/h2-3,6,9H,4-5,7-8H2,1H3,(H,16,17,18,19). The summed E-state index contributed by atoms with van der Waals surface area (Å²) < 4.78 is 5.05. The molecule has 116 valence electrons. The lowest BCUT2D eigenvalue weighted by molar-refractivity contribution is 0.0424. The summed E-state index contributed by atoms with van der Waals surface area (Å²) in [6, 6.07) is 5.13. The SMILES string of the molecule is COCCC1CN(C(=O)c2ccc(-c3nn[nH]n3)c(Cl)c2)C1. The van der Waals surface area contributed by atoms with Gasteiger partial charge in [-0.1, -0.05) is 11.6 Å². The molecule has 0 bridgehead atoms. The van der Waals surface area contributed by atoms with Gasteiger partial charge in [-0.05, 0) is 35.8 Å². The number of benzene rings is 1. The Labute approximate surface area is 132 Å². The fourth-order valence-electron chi connectivity index (χ4n) is 2.49. The molecule has 2 aromatic rings. The molecule has 1 aromatic heterocycles. The molecule has 1 N–H and O–H groups in total. The molecule has 8 heteroatoms. The molecule has 2 heterocycles. The third-order valence-corrected chi connectivity index (χ3v) is 4.09. The second kappa shape index (κ2) is 6.41. The van der Waals surface area contributed by atoms with E-state index in [4.69, 9.17) is 16.3 Å². The third-order valence-electron chi connectivity index (χ3n) is 3.78. The number of H-pyrrole nitrogens is 1. The normalized spacial score (nSPS) is 14.9. The molecule has 1 aromatic carbocycles. The van der Waals surface area contributed by atoms with Gasteiger partial charge in [-0.3, -0.25) is 4.79 Å². The molecule has 0 radical (unpaired) electrons. The van der Waals surface area contributed by atoms with Crippen molar-refractivity contribution in [3.8, 4) is 11.4 Å². The van der Waals surface area contributed by atoms with Gasteiger partial charge in [0.15, 0.2) is 0 Å². The van der Waals surface area contributed by atoms with Gasteiger partial charge in [0.05, 0.1) is 5.02 Å². The first kappa shape index (κ1) is 14.9. The number of amides is 1. The number of halogens is 1. The number of rotatable bonds is 5. The number of carbonyl (C=O) groups excluding carboxylic acids is 1. The van der Waals surface area contributed by atoms with E-state index in [9.17, 15) is 4.79 Å². The lowest BCUT2D eigenvalue weighted by atomic mass is 9.95. The monoisotopic (exact) mass is 321 g/mol. The minimum atomic E-state index is -0.00442. The number of hydrogen-bond acceptors (Lipinski definition) is 5. The van der Waals surface area contributed by atoms with Crippen molar-refractivity contribution in [3.63, 3.8) is 0 Å². The molecule has 1 aliphatic heterocycles. The van der Waals surface area contributed by atoms with Gasteiger partial charge in [-0.15, -0.1) is 10.2 Å². The predicted octanol–water partition coefficient (Wildman–Crippen LogP) is 1.63. The zero-order valence-corrected chi connectivity index (χ0v) is 12.9. The van der Waals surface area contributed by atoms with Crippen LogP contribution in [0, 0.1) is 5.92 Å². The summed E-state index contributed by atoms with van der Waals surface area (Å²) in [7, 11) is 1.69. The summed E-state index contributed by atoms with van der Waals surface area (Å²) in [6.07, 6.45) is 0.984. The molecule has 0 atom stereocenters. The largest absolute Gasteiger partial charge is 0.385 e. The highest BCUT2D eigenvalue weighted by atomic mass is 35.5. The van der Waals surface area contributed by atoms with Crippen molar-refractivity contribution in [2.45, 2.75) is 6.42 Å². The van der Waals surface area contributed by atoms with E-state index in [1.54, 1.807) is 25.3 Å². The van der Waals surface area contributed by atoms with Crippen LogP contribution in [0.4, 0.5) is 0 Å². The molecule has 0 spiro atoms. The second-order valence-corrected chi connectivity index (χ2v) is 5.69. The van der Waals surface area contributed by atoms with Crippen LogP contribution in [-0.4, -0.2) is 58.2 Å². The minimum Gasteiger partial charge on any atom is -0.385 e. The first-order valence-corrected chi connectivity index (χ1v) is 7.38. The molecule has 22 heavy (non-hydrogen) atoms. The molecule has 1 aliphatic rings. The zero-order chi connectivity index (χ0) is 15.5. The Bertz CT molecular complexity index is 655. The molecule has 0 unspecified atom stereocenters. The van der Waals surface area contributed by atoms with E-state index in [-0.39, 0.29) is 5.91 Å². The van der Waals surface area contributed by atoms with Crippen LogP contribution in [0.5, 0.6) is 0 Å². The number of nitrogens with zero attached hydrogens (tertiary/aromatic N) is 4. The maximum Gasteiger partial charge on any atom is 0.253 e. The molecule has 1 saturated heterocycles. The van der Waals surface area contributed by atoms with Crippen molar-refractivity contribution < 1.29 is 9.53 Å². The van der Waals surface area contributed by atoms with Gasteiger partial charge >= 0.3 is 0 Å². The summed E-state index contributed by atoms with van der Waals surface area (Å²) in [5.41, 5.74) is 1.22. The van der Waals surface area contributed by atoms with Gasteiger partial charge < -0.3 is 9.64 Å². The minimum absolute atomic E-state index is 0.00442. The number of aromatic amines is 1. The van der Waals surface area contributed by atoms with Gasteiger partial charge in [0.25, 0.3) is 5.91 Å². The summed E-state index contributed by atoms with van der Waals surface area (Å²) >= 11 is 6.22. The molecule has 7 nitrogen and oxygen atoms in total. The van der Waals surface area contributed by atoms with Gasteiger partial charge in [-0.25, -0.2) is 0 Å². The van der Waals surface area contributed by atoms with E-state index < -0.39 is 0 Å². The number of methoxy groups -OCH3 is 1. The number of likely N-dealkylation sites (tertiary alicyclic amines) is 1. The van der Waals surface area contributed by atoms with Gasteiger partial charge in [0, 0.05) is 37.9 Å². The molecule has 0 saturated carbocycles. The molecule has 0 aliphatic carbocycles. The Balaban J connectivity index is 1.66. The average molecular weight is 322 g/mol. The number of hydrogen-bond donors (Lipinski definition) is 1. The first-order valence-electron chi connectivity index (χ1n) is 7.00. The maximum atomic E-state index is 12.4. The smallest absolute Gasteiger partial charge is 0.253 e. The fraction of sp³-hybridized carbons (Fsp3) is 0.429. The van der Waals surface area contributed by atoms with Crippen LogP contribution in [0.1, 0.15) is 16.8 Å². The molecular formula is C14H16ClN5O2. The van der Waals surface area contributed by atoms with Crippen LogP contribution in [0.25, 0.3) is 11.4 Å². The quantitative estimate of drug-likeness (QED) is 0.904. The van der Waals surface area contributed by atoms with Crippen LogP contribution >= 0.6 is 11.6 Å². The van der Waals surface area contributed by atoms with Crippen molar-refractivity contribution in [3.05, 3.63) is 28.8 Å². The van der Waals surface area contributed by atoms with Crippen molar-refractivity contribution >= 4 is 17.5 Å². The molecular weight excluding hydrogens is 306 g/mol. The first-order chi connectivity index (χ1) is 10.7. The van der Waals surface area contributed by atoms with Gasteiger partial charge in [0.2, 0.25) is 5.82 Å². The highest BCUT2D eigenvalue weighted by Crippen LogP contribution is 2.27. The topological polar surface area (TPSA) is 84.0 Å². The van der Waals surface area contributed by atoms with Crippen molar-refractivity contribution in [2.24, 2.45) is 5.92 Å². The molecule has 3 rings (SSSR count).